The normalized spacial score (nSPS) is 19.7. The maximum atomic E-state index is 12.3. The summed E-state index contributed by atoms with van der Waals surface area (Å²) >= 11 is 0. The Hall–Kier alpha value is -2.78. The van der Waals surface area contributed by atoms with Crippen molar-refractivity contribution in [2.45, 2.75) is 46.3 Å². The molecule has 8 heteroatoms. The van der Waals surface area contributed by atoms with Gasteiger partial charge in [-0.3, -0.25) is 14.3 Å². The Bertz CT molecular complexity index is 1150. The van der Waals surface area contributed by atoms with Gasteiger partial charge in [0.15, 0.2) is 12.5 Å². The Morgan fingerprint density at radius 1 is 1.03 bits per heavy atom. The molecule has 4 rings (SSSR count). The average Bonchev–Trinajstić information content (AvgIpc) is 3.26. The molecule has 1 fully saturated rings. The molecule has 0 bridgehead atoms. The van der Waals surface area contributed by atoms with Crippen molar-refractivity contribution in [3.63, 3.8) is 0 Å². The van der Waals surface area contributed by atoms with Crippen molar-refractivity contribution in [2.75, 3.05) is 6.61 Å². The maximum Gasteiger partial charge on any atom is 0.330 e. The van der Waals surface area contributed by atoms with Gasteiger partial charge in [0.25, 0.3) is 5.56 Å². The van der Waals surface area contributed by atoms with E-state index in [0.717, 1.165) is 0 Å². The lowest BCUT2D eigenvalue weighted by atomic mass is 9.89. The molecule has 1 aliphatic heterocycles. The van der Waals surface area contributed by atoms with Crippen LogP contribution in [0.2, 0.25) is 0 Å². The van der Waals surface area contributed by atoms with Crippen LogP contribution in [0.1, 0.15) is 32.6 Å². The summed E-state index contributed by atoms with van der Waals surface area (Å²) in [5.74, 6) is 0. The van der Waals surface area contributed by atoms with Crippen LogP contribution in [0.4, 0.5) is 0 Å². The summed E-state index contributed by atoms with van der Waals surface area (Å²) in [6.07, 6.45) is -0.161. The van der Waals surface area contributed by atoms with E-state index in [1.807, 2.05) is 36.4 Å². The minimum Gasteiger partial charge on any atom is -0.402 e. The monoisotopic (exact) mass is 466 g/mol. The zero-order chi connectivity index (χ0) is 23.6. The van der Waals surface area contributed by atoms with E-state index in [9.17, 15) is 9.59 Å². The molecule has 7 nitrogen and oxygen atoms in total. The Labute approximate surface area is 194 Å². The molecule has 2 heterocycles. The fourth-order valence-corrected chi connectivity index (χ4v) is 6.62. The second-order valence-electron chi connectivity index (χ2n) is 9.40. The van der Waals surface area contributed by atoms with Gasteiger partial charge in [-0.1, -0.05) is 81.4 Å². The van der Waals surface area contributed by atoms with Crippen molar-refractivity contribution < 1.29 is 13.9 Å². The maximum absolute atomic E-state index is 12.3. The first-order chi connectivity index (χ1) is 15.7. The Balaban J connectivity index is 1.63. The van der Waals surface area contributed by atoms with Crippen LogP contribution in [-0.4, -0.2) is 37.6 Å². The van der Waals surface area contributed by atoms with Crippen LogP contribution >= 0.6 is 0 Å². The van der Waals surface area contributed by atoms with Crippen LogP contribution in [0.3, 0.4) is 0 Å². The smallest absolute Gasteiger partial charge is 0.330 e. The number of H-pyrrole nitrogens is 1. The van der Waals surface area contributed by atoms with E-state index in [1.165, 1.54) is 21.1 Å². The molecule has 1 unspecified atom stereocenters. The van der Waals surface area contributed by atoms with Crippen LogP contribution in [0.15, 0.2) is 76.4 Å². The van der Waals surface area contributed by atoms with E-state index >= 15 is 0 Å². The number of benzene rings is 2. The number of nitrogens with one attached hydrogen (secondary N) is 1. The largest absolute Gasteiger partial charge is 0.402 e. The van der Waals surface area contributed by atoms with E-state index in [2.05, 4.69) is 50.0 Å². The molecular formula is C25H30N2O5Si. The summed E-state index contributed by atoms with van der Waals surface area (Å²) in [7, 11) is -2.06. The molecular weight excluding hydrogens is 436 g/mol. The first-order valence-corrected chi connectivity index (χ1v) is 12.7. The predicted octanol–water partition coefficient (Wildman–Crippen LogP) is 1.69. The lowest BCUT2D eigenvalue weighted by Crippen LogP contribution is -2.53. The second-order valence-corrected chi connectivity index (χ2v) is 11.8. The summed E-state index contributed by atoms with van der Waals surface area (Å²) < 4.78 is 20.5. The van der Waals surface area contributed by atoms with E-state index in [-0.39, 0.29) is 18.1 Å². The van der Waals surface area contributed by atoms with E-state index in [1.54, 1.807) is 6.92 Å². The summed E-state index contributed by atoms with van der Waals surface area (Å²) in [5, 5.41) is 2.33. The molecule has 174 valence electrons. The number of hydrogen-bond acceptors (Lipinski definition) is 5. The number of aromatic amines is 1. The SMILES string of the molecule is Cc1cn([C@@H]2CO[C@@H](C(O[SiH](c3ccccc3)c3ccccc3)C(C)(C)C)O2)c(=O)[nH]c1=O. The van der Waals surface area contributed by atoms with Crippen molar-refractivity contribution in [2.24, 2.45) is 5.41 Å². The first-order valence-electron chi connectivity index (χ1n) is 11.1. The van der Waals surface area contributed by atoms with Crippen LogP contribution in [0, 0.1) is 12.3 Å². The summed E-state index contributed by atoms with van der Waals surface area (Å²) in [6, 6.07) is 20.5. The lowest BCUT2D eigenvalue weighted by Gasteiger charge is -2.37. The molecule has 3 atom stereocenters. The molecule has 3 aromatic rings. The van der Waals surface area contributed by atoms with Crippen molar-refractivity contribution in [3.05, 3.63) is 93.3 Å². The topological polar surface area (TPSA) is 82.6 Å². The number of rotatable bonds is 6. The van der Waals surface area contributed by atoms with Crippen molar-refractivity contribution in [3.8, 4) is 0 Å². The highest BCUT2D eigenvalue weighted by Crippen LogP contribution is 2.33. The lowest BCUT2D eigenvalue weighted by molar-refractivity contribution is -0.159. The molecule has 1 aliphatic rings. The minimum atomic E-state index is -2.06. The number of aryl methyl sites for hydroxylation is 1. The van der Waals surface area contributed by atoms with Gasteiger partial charge in [-0.15, -0.1) is 0 Å². The highest BCUT2D eigenvalue weighted by atomic mass is 28.3. The van der Waals surface area contributed by atoms with E-state index in [0.29, 0.717) is 5.56 Å². The number of ether oxygens (including phenoxy) is 2. The first kappa shape index (κ1) is 23.4. The highest BCUT2D eigenvalue weighted by molar-refractivity contribution is 6.80. The molecule has 0 spiro atoms. The number of aromatic nitrogens is 2. The van der Waals surface area contributed by atoms with E-state index < -0.39 is 32.8 Å². The van der Waals surface area contributed by atoms with Gasteiger partial charge in [-0.25, -0.2) is 4.79 Å². The highest BCUT2D eigenvalue weighted by Gasteiger charge is 2.42. The molecule has 0 radical (unpaired) electrons. The van der Waals surface area contributed by atoms with Crippen LogP contribution in [-0.2, 0) is 13.9 Å². The fraction of sp³-hybridized carbons (Fsp3) is 0.360. The van der Waals surface area contributed by atoms with Crippen molar-refractivity contribution in [1.29, 1.82) is 0 Å². The predicted molar refractivity (Wildman–Crippen MR) is 130 cm³/mol. The Morgan fingerprint density at radius 2 is 1.61 bits per heavy atom. The number of nitrogens with zero attached hydrogens (tertiary/aromatic N) is 1. The molecule has 0 saturated carbocycles. The molecule has 2 aromatic carbocycles. The van der Waals surface area contributed by atoms with Gasteiger partial charge in [-0.05, 0) is 22.7 Å². The zero-order valence-electron chi connectivity index (χ0n) is 19.4. The zero-order valence-corrected chi connectivity index (χ0v) is 20.5. The van der Waals surface area contributed by atoms with Gasteiger partial charge in [-0.2, -0.15) is 0 Å². The molecule has 1 aromatic heterocycles. The molecule has 0 aliphatic carbocycles. The minimum absolute atomic E-state index is 0.189. The Morgan fingerprint density at radius 3 is 2.15 bits per heavy atom. The van der Waals surface area contributed by atoms with Gasteiger partial charge in [0.2, 0.25) is 9.04 Å². The van der Waals surface area contributed by atoms with E-state index in [4.69, 9.17) is 13.9 Å². The summed E-state index contributed by atoms with van der Waals surface area (Å²) in [6.45, 7) is 8.12. The average molecular weight is 467 g/mol. The standard InChI is InChI=1S/C25H30N2O5Si/c1-17-15-27(24(29)26-22(17)28)20-16-30-23(31-20)21(25(2,3)4)32-33(18-11-7-5-8-12-18)19-13-9-6-10-14-19/h5-15,20-21,23,33H,16H2,1-4H3,(H,26,28,29)/t20-,21?,23+/m0/s1. The molecule has 1 saturated heterocycles. The third kappa shape index (κ3) is 5.25. The van der Waals surface area contributed by atoms with Gasteiger partial charge in [0.05, 0.1) is 6.61 Å². The summed E-state index contributed by atoms with van der Waals surface area (Å²) in [4.78, 5) is 26.4. The summed E-state index contributed by atoms with van der Waals surface area (Å²) in [5.41, 5.74) is -0.776. The third-order valence-corrected chi connectivity index (χ3v) is 8.28. The second kappa shape index (κ2) is 9.60. The third-order valence-electron chi connectivity index (χ3n) is 5.74. The van der Waals surface area contributed by atoms with Crippen molar-refractivity contribution in [1.82, 2.24) is 9.55 Å². The van der Waals surface area contributed by atoms with Crippen LogP contribution in [0.5, 0.6) is 0 Å². The molecule has 33 heavy (non-hydrogen) atoms. The molecule has 1 N–H and O–H groups in total. The quantitative estimate of drug-likeness (QED) is 0.559. The van der Waals surface area contributed by atoms with Gasteiger partial charge in [0.1, 0.15) is 6.10 Å². The van der Waals surface area contributed by atoms with Gasteiger partial charge >= 0.3 is 5.69 Å². The fourth-order valence-electron chi connectivity index (χ4n) is 3.94. The van der Waals surface area contributed by atoms with Crippen LogP contribution in [0.25, 0.3) is 0 Å². The van der Waals surface area contributed by atoms with Crippen molar-refractivity contribution >= 4 is 19.4 Å². The molecule has 0 amide bonds. The van der Waals surface area contributed by atoms with Gasteiger partial charge < -0.3 is 13.9 Å². The van der Waals surface area contributed by atoms with Gasteiger partial charge in [0, 0.05) is 11.8 Å². The number of hydrogen-bond donors (Lipinski definition) is 1. The van der Waals surface area contributed by atoms with Crippen LogP contribution < -0.4 is 21.6 Å². The Kier molecular flexibility index (Phi) is 6.80.